The number of fused-ring (bicyclic) bond motifs is 1. The number of nitrogens with two attached hydrogens (primary N) is 1. The summed E-state index contributed by atoms with van der Waals surface area (Å²) in [5.74, 6) is 2.17. The lowest BCUT2D eigenvalue weighted by Gasteiger charge is -2.31. The van der Waals surface area contributed by atoms with E-state index in [9.17, 15) is 4.79 Å². The molecule has 148 valence electrons. The number of furan rings is 1. The molecule has 0 aliphatic carbocycles. The Hall–Kier alpha value is -2.87. The third-order valence-corrected chi connectivity index (χ3v) is 5.03. The predicted octanol–water partition coefficient (Wildman–Crippen LogP) is 2.66. The maximum absolute atomic E-state index is 10.9. The molecule has 1 aliphatic rings. The first-order valence-corrected chi connectivity index (χ1v) is 9.54. The van der Waals surface area contributed by atoms with Crippen molar-refractivity contribution in [3.63, 3.8) is 0 Å². The van der Waals surface area contributed by atoms with Crippen LogP contribution in [-0.4, -0.2) is 38.6 Å². The second-order valence-electron chi connectivity index (χ2n) is 7.38. The van der Waals surface area contributed by atoms with E-state index in [0.29, 0.717) is 17.5 Å². The highest BCUT2D eigenvalue weighted by molar-refractivity contribution is 5.65. The minimum Gasteiger partial charge on any atom is -0.461 e. The SMILES string of the molecule is CC(=O)OCc1ccc(CN2CCCC(c3cc(N)n4nc(C)cc4n3)C2)o1. The molecular formula is C20H25N5O3. The van der Waals surface area contributed by atoms with E-state index in [1.54, 1.807) is 4.52 Å². The van der Waals surface area contributed by atoms with Gasteiger partial charge in [0.2, 0.25) is 0 Å². The molecule has 3 aromatic rings. The summed E-state index contributed by atoms with van der Waals surface area (Å²) >= 11 is 0. The number of hydrogen-bond donors (Lipinski definition) is 1. The molecule has 0 bridgehead atoms. The van der Waals surface area contributed by atoms with E-state index in [1.807, 2.05) is 31.2 Å². The molecule has 0 aromatic carbocycles. The Balaban J connectivity index is 1.44. The van der Waals surface area contributed by atoms with Gasteiger partial charge in [-0.3, -0.25) is 9.69 Å². The summed E-state index contributed by atoms with van der Waals surface area (Å²) in [7, 11) is 0. The summed E-state index contributed by atoms with van der Waals surface area (Å²) < 4.78 is 12.5. The van der Waals surface area contributed by atoms with Gasteiger partial charge < -0.3 is 14.9 Å². The van der Waals surface area contributed by atoms with E-state index in [-0.39, 0.29) is 12.6 Å². The number of likely N-dealkylation sites (tertiary alicyclic amines) is 1. The highest BCUT2D eigenvalue weighted by Gasteiger charge is 2.24. The number of hydrogen-bond acceptors (Lipinski definition) is 7. The molecule has 3 aromatic heterocycles. The molecular weight excluding hydrogens is 358 g/mol. The van der Waals surface area contributed by atoms with Gasteiger partial charge in [-0.1, -0.05) is 0 Å². The summed E-state index contributed by atoms with van der Waals surface area (Å²) in [6.45, 7) is 6.14. The minimum absolute atomic E-state index is 0.173. The van der Waals surface area contributed by atoms with Crippen LogP contribution in [-0.2, 0) is 22.7 Å². The standard InChI is InChI=1S/C20H25N5O3/c1-13-8-20-22-18(9-19(21)25(20)23-13)15-4-3-7-24(10-15)11-16-5-6-17(28-16)12-27-14(2)26/h5-6,8-9,15H,3-4,7,10-12,21H2,1-2H3. The predicted molar refractivity (Wildman–Crippen MR) is 104 cm³/mol. The number of anilines is 1. The monoisotopic (exact) mass is 383 g/mol. The van der Waals surface area contributed by atoms with Crippen molar-refractivity contribution in [1.82, 2.24) is 19.5 Å². The van der Waals surface area contributed by atoms with E-state index < -0.39 is 0 Å². The minimum atomic E-state index is -0.311. The number of rotatable bonds is 5. The number of piperidine rings is 1. The summed E-state index contributed by atoms with van der Waals surface area (Å²) in [6, 6.07) is 7.70. The number of carbonyl (C=O) groups excluding carboxylic acids is 1. The van der Waals surface area contributed by atoms with Crippen molar-refractivity contribution in [3.05, 3.63) is 47.2 Å². The topological polar surface area (TPSA) is 98.9 Å². The van der Waals surface area contributed by atoms with Crippen molar-refractivity contribution in [2.24, 2.45) is 0 Å². The Morgan fingerprint density at radius 3 is 3.00 bits per heavy atom. The summed E-state index contributed by atoms with van der Waals surface area (Å²) in [5.41, 5.74) is 8.91. The van der Waals surface area contributed by atoms with Crippen LogP contribution in [0.5, 0.6) is 0 Å². The van der Waals surface area contributed by atoms with Crippen LogP contribution in [0.25, 0.3) is 5.65 Å². The number of aromatic nitrogens is 3. The second kappa shape index (κ2) is 7.63. The number of carbonyl (C=O) groups is 1. The largest absolute Gasteiger partial charge is 0.461 e. The molecule has 8 heteroatoms. The van der Waals surface area contributed by atoms with E-state index in [1.165, 1.54) is 6.92 Å². The lowest BCUT2D eigenvalue weighted by Crippen LogP contribution is -2.34. The van der Waals surface area contributed by atoms with Gasteiger partial charge >= 0.3 is 5.97 Å². The van der Waals surface area contributed by atoms with Crippen molar-refractivity contribution in [1.29, 1.82) is 0 Å². The fourth-order valence-corrected chi connectivity index (χ4v) is 3.76. The van der Waals surface area contributed by atoms with Crippen LogP contribution in [0.2, 0.25) is 0 Å². The zero-order valence-corrected chi connectivity index (χ0v) is 16.2. The molecule has 2 N–H and O–H groups in total. The highest BCUT2D eigenvalue weighted by Crippen LogP contribution is 2.28. The van der Waals surface area contributed by atoms with Crippen LogP contribution < -0.4 is 5.73 Å². The van der Waals surface area contributed by atoms with Gasteiger partial charge in [-0.15, -0.1) is 0 Å². The molecule has 4 heterocycles. The Morgan fingerprint density at radius 1 is 1.36 bits per heavy atom. The first kappa shape index (κ1) is 18.5. The lowest BCUT2D eigenvalue weighted by molar-refractivity contribution is -0.142. The van der Waals surface area contributed by atoms with E-state index >= 15 is 0 Å². The first-order chi connectivity index (χ1) is 13.5. The van der Waals surface area contributed by atoms with Crippen molar-refractivity contribution in [3.8, 4) is 0 Å². The fourth-order valence-electron chi connectivity index (χ4n) is 3.76. The molecule has 4 rings (SSSR count). The third kappa shape index (κ3) is 4.01. The molecule has 8 nitrogen and oxygen atoms in total. The smallest absolute Gasteiger partial charge is 0.303 e. The van der Waals surface area contributed by atoms with E-state index in [4.69, 9.17) is 19.9 Å². The van der Waals surface area contributed by atoms with Gasteiger partial charge in [-0.2, -0.15) is 9.61 Å². The Kier molecular flexibility index (Phi) is 5.04. The first-order valence-electron chi connectivity index (χ1n) is 9.54. The maximum Gasteiger partial charge on any atom is 0.303 e. The lowest BCUT2D eigenvalue weighted by atomic mass is 9.94. The average molecular weight is 383 g/mol. The zero-order chi connectivity index (χ0) is 19.7. The number of esters is 1. The van der Waals surface area contributed by atoms with Crippen LogP contribution >= 0.6 is 0 Å². The number of ether oxygens (including phenoxy) is 1. The van der Waals surface area contributed by atoms with E-state index in [0.717, 1.165) is 55.3 Å². The van der Waals surface area contributed by atoms with Crippen molar-refractivity contribution in [2.45, 2.75) is 45.8 Å². The normalized spacial score (nSPS) is 17.9. The molecule has 0 amide bonds. The van der Waals surface area contributed by atoms with Crippen LogP contribution in [0.4, 0.5) is 5.82 Å². The molecule has 1 saturated heterocycles. The van der Waals surface area contributed by atoms with Gasteiger partial charge in [0.15, 0.2) is 5.65 Å². The molecule has 1 fully saturated rings. The highest BCUT2D eigenvalue weighted by atomic mass is 16.5. The van der Waals surface area contributed by atoms with Crippen LogP contribution in [0.3, 0.4) is 0 Å². The number of aryl methyl sites for hydroxylation is 1. The fraction of sp³-hybridized carbons (Fsp3) is 0.450. The molecule has 28 heavy (non-hydrogen) atoms. The Morgan fingerprint density at radius 2 is 2.18 bits per heavy atom. The zero-order valence-electron chi connectivity index (χ0n) is 16.2. The molecule has 1 atom stereocenters. The van der Waals surface area contributed by atoms with E-state index in [2.05, 4.69) is 10.00 Å². The van der Waals surface area contributed by atoms with Crippen molar-refractivity contribution in [2.75, 3.05) is 18.8 Å². The molecule has 0 spiro atoms. The van der Waals surface area contributed by atoms with Crippen molar-refractivity contribution < 1.29 is 13.9 Å². The molecule has 0 radical (unpaired) electrons. The average Bonchev–Trinajstić information content (AvgIpc) is 3.26. The number of nitrogens with zero attached hydrogens (tertiary/aromatic N) is 4. The Labute approximate surface area is 163 Å². The van der Waals surface area contributed by atoms with Gasteiger partial charge in [-0.25, -0.2) is 4.98 Å². The summed E-state index contributed by atoms with van der Waals surface area (Å²) in [6.07, 6.45) is 2.18. The summed E-state index contributed by atoms with van der Waals surface area (Å²) in [5, 5.41) is 4.37. The van der Waals surface area contributed by atoms with Gasteiger partial charge in [-0.05, 0) is 38.4 Å². The van der Waals surface area contributed by atoms with Crippen LogP contribution in [0, 0.1) is 6.92 Å². The summed E-state index contributed by atoms with van der Waals surface area (Å²) in [4.78, 5) is 18.1. The van der Waals surface area contributed by atoms with Gasteiger partial charge in [0.25, 0.3) is 0 Å². The van der Waals surface area contributed by atoms with Crippen molar-refractivity contribution >= 4 is 17.4 Å². The van der Waals surface area contributed by atoms with Crippen LogP contribution in [0.1, 0.15) is 48.6 Å². The quantitative estimate of drug-likeness (QED) is 0.676. The second-order valence-corrected chi connectivity index (χ2v) is 7.38. The Bertz CT molecular complexity index is 993. The van der Waals surface area contributed by atoms with Gasteiger partial charge in [0, 0.05) is 31.5 Å². The van der Waals surface area contributed by atoms with Gasteiger partial charge in [0.1, 0.15) is 23.9 Å². The maximum atomic E-state index is 10.9. The third-order valence-electron chi connectivity index (χ3n) is 5.03. The van der Waals surface area contributed by atoms with Gasteiger partial charge in [0.05, 0.1) is 17.9 Å². The molecule has 0 saturated carbocycles. The molecule has 1 aliphatic heterocycles. The van der Waals surface area contributed by atoms with Crippen LogP contribution in [0.15, 0.2) is 28.7 Å². The number of nitrogen functional groups attached to an aromatic ring is 1. The molecule has 1 unspecified atom stereocenters.